The van der Waals surface area contributed by atoms with Crippen LogP contribution >= 0.6 is 0 Å². The van der Waals surface area contributed by atoms with Crippen molar-refractivity contribution in [1.29, 1.82) is 0 Å². The Hall–Kier alpha value is -1.46. The van der Waals surface area contributed by atoms with E-state index in [0.29, 0.717) is 13.2 Å². The monoisotopic (exact) mass is 343 g/mol. The van der Waals surface area contributed by atoms with Gasteiger partial charge in [0.2, 0.25) is 0 Å². The van der Waals surface area contributed by atoms with Crippen molar-refractivity contribution < 1.29 is 9.53 Å². The Morgan fingerprint density at radius 2 is 1.38 bits per heavy atom. The summed E-state index contributed by atoms with van der Waals surface area (Å²) in [4.78, 5) is 0. The molecule has 24 heavy (non-hydrogen) atoms. The molecule has 0 atom stereocenters. The van der Waals surface area contributed by atoms with Gasteiger partial charge in [-0.2, -0.15) is 0 Å². The third kappa shape index (κ3) is 4.14. The van der Waals surface area contributed by atoms with E-state index >= 15 is 0 Å². The van der Waals surface area contributed by atoms with Crippen LogP contribution in [0.5, 0.6) is 0 Å². The van der Waals surface area contributed by atoms with Gasteiger partial charge in [0.15, 0.2) is 0 Å². The summed E-state index contributed by atoms with van der Waals surface area (Å²) in [7, 11) is -2.41. The maximum Gasteiger partial charge on any atom is 0.261 e. The highest BCUT2D eigenvalue weighted by Crippen LogP contribution is 2.36. The molecule has 0 unspecified atom stereocenters. The van der Waals surface area contributed by atoms with Crippen molar-refractivity contribution in [1.82, 2.24) is 5.32 Å². The highest BCUT2D eigenvalue weighted by atomic mass is 28.4. The van der Waals surface area contributed by atoms with E-state index in [1.165, 1.54) is 10.4 Å². The lowest BCUT2D eigenvalue weighted by Gasteiger charge is -2.43. The van der Waals surface area contributed by atoms with E-state index in [4.69, 9.17) is 9.53 Å². The fourth-order valence-electron chi connectivity index (χ4n) is 3.24. The van der Waals surface area contributed by atoms with Gasteiger partial charge in [-0.05, 0) is 15.4 Å². The normalized spacial score (nSPS) is 12.3. The molecule has 3 nitrogen and oxygen atoms in total. The van der Waals surface area contributed by atoms with Crippen LogP contribution in [0.1, 0.15) is 20.8 Å². The van der Waals surface area contributed by atoms with Crippen LogP contribution in [0.3, 0.4) is 0 Å². The van der Waals surface area contributed by atoms with Crippen LogP contribution in [0.25, 0.3) is 0 Å². The van der Waals surface area contributed by atoms with Crippen LogP contribution in [0.15, 0.2) is 60.7 Å². The predicted octanol–water partition coefficient (Wildman–Crippen LogP) is 2.14. The molecule has 0 saturated heterocycles. The third-order valence-electron chi connectivity index (χ3n) is 4.30. The van der Waals surface area contributed by atoms with Gasteiger partial charge in [-0.1, -0.05) is 81.4 Å². The van der Waals surface area contributed by atoms with Gasteiger partial charge in [-0.3, -0.25) is 0 Å². The molecule has 0 aliphatic rings. The predicted molar refractivity (Wildman–Crippen MR) is 104 cm³/mol. The maximum atomic E-state index is 8.92. The smallest absolute Gasteiger partial charge is 0.261 e. The molecule has 2 N–H and O–H groups in total. The largest absolute Gasteiger partial charge is 0.406 e. The summed E-state index contributed by atoms with van der Waals surface area (Å²) in [5.74, 6) is 0. The Morgan fingerprint density at radius 1 is 0.875 bits per heavy atom. The zero-order valence-corrected chi connectivity index (χ0v) is 16.0. The molecule has 2 aromatic carbocycles. The Bertz CT molecular complexity index is 557. The second-order valence-corrected chi connectivity index (χ2v) is 11.3. The maximum absolute atomic E-state index is 8.92. The molecule has 0 saturated carbocycles. The first-order valence-electron chi connectivity index (χ1n) is 8.59. The summed E-state index contributed by atoms with van der Waals surface area (Å²) in [6.07, 6.45) is 0. The first-order valence-corrected chi connectivity index (χ1v) is 10.5. The summed E-state index contributed by atoms with van der Waals surface area (Å²) < 4.78 is 6.71. The van der Waals surface area contributed by atoms with Crippen molar-refractivity contribution in [2.24, 2.45) is 0 Å². The van der Waals surface area contributed by atoms with E-state index in [1.54, 1.807) is 0 Å². The Morgan fingerprint density at radius 3 is 1.79 bits per heavy atom. The lowest BCUT2D eigenvalue weighted by Crippen LogP contribution is -2.67. The molecule has 0 spiro atoms. The topological polar surface area (TPSA) is 41.5 Å². The summed E-state index contributed by atoms with van der Waals surface area (Å²) >= 11 is 0. The van der Waals surface area contributed by atoms with E-state index < -0.39 is 8.32 Å². The molecule has 0 fully saturated rings. The molecule has 0 aromatic heterocycles. The van der Waals surface area contributed by atoms with E-state index in [-0.39, 0.29) is 11.6 Å². The van der Waals surface area contributed by atoms with Crippen molar-refractivity contribution in [3.05, 3.63) is 60.7 Å². The third-order valence-corrected chi connectivity index (χ3v) is 9.35. The van der Waals surface area contributed by atoms with Crippen LogP contribution in [0.2, 0.25) is 5.04 Å². The number of benzene rings is 2. The highest BCUT2D eigenvalue weighted by molar-refractivity contribution is 6.99. The molecule has 0 aliphatic carbocycles. The Kier molecular flexibility index (Phi) is 6.75. The quantitative estimate of drug-likeness (QED) is 0.570. The van der Waals surface area contributed by atoms with Gasteiger partial charge >= 0.3 is 0 Å². The van der Waals surface area contributed by atoms with Crippen molar-refractivity contribution in [2.45, 2.75) is 25.8 Å². The molecule has 0 heterocycles. The van der Waals surface area contributed by atoms with E-state index in [1.807, 2.05) is 0 Å². The SMILES string of the molecule is CC(C)(C)[Si](OCCNCCO)(c1ccccc1)c1ccccc1. The average Bonchev–Trinajstić information content (AvgIpc) is 2.59. The van der Waals surface area contributed by atoms with Gasteiger partial charge < -0.3 is 14.8 Å². The van der Waals surface area contributed by atoms with Gasteiger partial charge in [-0.15, -0.1) is 0 Å². The summed E-state index contributed by atoms with van der Waals surface area (Å²) in [6.45, 7) is 8.96. The van der Waals surface area contributed by atoms with Crippen molar-refractivity contribution in [3.63, 3.8) is 0 Å². The number of aliphatic hydroxyl groups is 1. The molecule has 4 heteroatoms. The molecule has 130 valence electrons. The summed E-state index contributed by atoms with van der Waals surface area (Å²) in [6, 6.07) is 21.3. The van der Waals surface area contributed by atoms with E-state index in [0.717, 1.165) is 6.54 Å². The zero-order chi connectivity index (χ0) is 17.5. The van der Waals surface area contributed by atoms with E-state index in [2.05, 4.69) is 86.8 Å². The van der Waals surface area contributed by atoms with Gasteiger partial charge in [-0.25, -0.2) is 0 Å². The first-order chi connectivity index (χ1) is 11.5. The van der Waals surface area contributed by atoms with E-state index in [9.17, 15) is 0 Å². The van der Waals surface area contributed by atoms with Crippen LogP contribution in [0, 0.1) is 0 Å². The van der Waals surface area contributed by atoms with Gasteiger partial charge in [0.1, 0.15) is 0 Å². The average molecular weight is 344 g/mol. The molecular weight excluding hydrogens is 314 g/mol. The van der Waals surface area contributed by atoms with Gasteiger partial charge in [0.25, 0.3) is 8.32 Å². The minimum atomic E-state index is -2.41. The summed E-state index contributed by atoms with van der Waals surface area (Å²) in [5.41, 5.74) is 0. The first kappa shape index (κ1) is 18.9. The zero-order valence-electron chi connectivity index (χ0n) is 15.0. The molecule has 2 rings (SSSR count). The Balaban J connectivity index is 2.42. The number of aliphatic hydroxyl groups excluding tert-OH is 1. The van der Waals surface area contributed by atoms with Crippen LogP contribution < -0.4 is 15.7 Å². The standard InChI is InChI=1S/C20H29NO2Si/c1-20(2,3)24(18-10-6-4-7-11-18,19-12-8-5-9-13-19)23-17-15-21-14-16-22/h4-13,21-22H,14-17H2,1-3H3. The van der Waals surface area contributed by atoms with Crippen LogP contribution in [-0.4, -0.2) is 39.7 Å². The lowest BCUT2D eigenvalue weighted by molar-refractivity contribution is 0.269. The second-order valence-electron chi connectivity index (χ2n) is 6.99. The van der Waals surface area contributed by atoms with Crippen LogP contribution in [0.4, 0.5) is 0 Å². The highest BCUT2D eigenvalue weighted by Gasteiger charge is 2.49. The van der Waals surface area contributed by atoms with Crippen LogP contribution in [-0.2, 0) is 4.43 Å². The fourth-order valence-corrected chi connectivity index (χ4v) is 7.81. The minimum Gasteiger partial charge on any atom is -0.406 e. The van der Waals surface area contributed by atoms with Crippen molar-refractivity contribution in [2.75, 3.05) is 26.3 Å². The molecule has 0 aliphatic heterocycles. The molecule has 0 bridgehead atoms. The number of rotatable bonds is 8. The number of hydrogen-bond donors (Lipinski definition) is 2. The summed E-state index contributed by atoms with van der Waals surface area (Å²) in [5, 5.41) is 14.7. The minimum absolute atomic E-state index is 0.00663. The molecule has 0 amide bonds. The molecule has 2 aromatic rings. The van der Waals surface area contributed by atoms with Gasteiger partial charge in [0.05, 0.1) is 6.61 Å². The Labute approximate surface area is 146 Å². The fraction of sp³-hybridized carbons (Fsp3) is 0.400. The lowest BCUT2D eigenvalue weighted by atomic mass is 10.2. The van der Waals surface area contributed by atoms with Crippen molar-refractivity contribution in [3.8, 4) is 0 Å². The number of hydrogen-bond acceptors (Lipinski definition) is 3. The van der Waals surface area contributed by atoms with Gasteiger partial charge in [0, 0.05) is 19.7 Å². The molecule has 0 radical (unpaired) electrons. The molecular formula is C20H29NO2Si. The second kappa shape index (κ2) is 8.58. The van der Waals surface area contributed by atoms with Crippen molar-refractivity contribution >= 4 is 18.7 Å². The number of nitrogens with one attached hydrogen (secondary N) is 1.